The second kappa shape index (κ2) is 3.80. The lowest BCUT2D eigenvalue weighted by Crippen LogP contribution is -2.21. The average molecular weight is 262 g/mol. The zero-order valence-electron chi connectivity index (χ0n) is 7.24. The largest absolute Gasteiger partial charge is 0.370 e. The molecule has 78 valence electrons. The van der Waals surface area contributed by atoms with E-state index in [0.29, 0.717) is 26.8 Å². The number of guanidine groups is 1. The Morgan fingerprint density at radius 1 is 1.20 bits per heavy atom. The first kappa shape index (κ1) is 10.4. The molecule has 0 atom stereocenters. The smallest absolute Gasteiger partial charge is 0.191 e. The predicted octanol–water partition coefficient (Wildman–Crippen LogP) is 1.90. The number of hydrogen-bond donors (Lipinski definition) is 2. The molecular formula is C7H5Cl2N5S. The minimum Gasteiger partial charge on any atom is -0.370 e. The molecule has 1 aromatic carbocycles. The Morgan fingerprint density at radius 3 is 2.53 bits per heavy atom. The molecule has 8 heteroatoms. The topological polar surface area (TPSA) is 90.2 Å². The van der Waals surface area contributed by atoms with Crippen LogP contribution in [0.15, 0.2) is 11.1 Å². The maximum atomic E-state index is 5.94. The van der Waals surface area contributed by atoms with Crippen LogP contribution in [0.4, 0.5) is 5.69 Å². The van der Waals surface area contributed by atoms with E-state index < -0.39 is 0 Å². The van der Waals surface area contributed by atoms with Crippen molar-refractivity contribution in [2.75, 3.05) is 0 Å². The summed E-state index contributed by atoms with van der Waals surface area (Å²) in [5, 5.41) is 0.770. The van der Waals surface area contributed by atoms with Crippen LogP contribution in [0.25, 0.3) is 11.0 Å². The standard InChI is InChI=1S/C7H5Cl2N5S/c8-2-1-3(9)5-6(14-15-13-5)4(2)12-7(10)11/h1H,(H4,10,11,12). The van der Waals surface area contributed by atoms with E-state index in [1.54, 1.807) is 0 Å². The molecule has 2 aromatic rings. The Kier molecular flexibility index (Phi) is 2.64. The highest BCUT2D eigenvalue weighted by atomic mass is 35.5. The summed E-state index contributed by atoms with van der Waals surface area (Å²) in [6.45, 7) is 0. The van der Waals surface area contributed by atoms with Crippen LogP contribution in [-0.2, 0) is 0 Å². The lowest BCUT2D eigenvalue weighted by atomic mass is 10.2. The number of hydrogen-bond acceptors (Lipinski definition) is 4. The first-order valence-corrected chi connectivity index (χ1v) is 5.28. The van der Waals surface area contributed by atoms with Crippen molar-refractivity contribution in [3.63, 3.8) is 0 Å². The number of aliphatic imine (C=N–C) groups is 1. The molecule has 0 fully saturated rings. The summed E-state index contributed by atoms with van der Waals surface area (Å²) < 4.78 is 8.05. The molecule has 1 heterocycles. The van der Waals surface area contributed by atoms with E-state index >= 15 is 0 Å². The number of benzene rings is 1. The van der Waals surface area contributed by atoms with Gasteiger partial charge in [0.25, 0.3) is 0 Å². The van der Waals surface area contributed by atoms with Gasteiger partial charge in [-0.3, -0.25) is 0 Å². The Hall–Kier alpha value is -1.11. The van der Waals surface area contributed by atoms with E-state index in [2.05, 4.69) is 13.7 Å². The fourth-order valence-corrected chi connectivity index (χ4v) is 2.25. The number of rotatable bonds is 1. The Morgan fingerprint density at radius 2 is 1.87 bits per heavy atom. The molecule has 5 nitrogen and oxygen atoms in total. The van der Waals surface area contributed by atoms with E-state index in [0.717, 1.165) is 11.7 Å². The Balaban J connectivity index is 2.82. The molecule has 0 bridgehead atoms. The molecule has 1 aromatic heterocycles. The molecule has 0 saturated heterocycles. The average Bonchev–Trinajstić information content (AvgIpc) is 2.60. The zero-order valence-corrected chi connectivity index (χ0v) is 9.57. The van der Waals surface area contributed by atoms with Crippen LogP contribution in [0, 0.1) is 0 Å². The maximum Gasteiger partial charge on any atom is 0.191 e. The first-order valence-electron chi connectivity index (χ1n) is 3.79. The van der Waals surface area contributed by atoms with Crippen molar-refractivity contribution >= 4 is 57.6 Å². The van der Waals surface area contributed by atoms with Crippen LogP contribution in [0.5, 0.6) is 0 Å². The van der Waals surface area contributed by atoms with Crippen molar-refractivity contribution in [2.45, 2.75) is 0 Å². The van der Waals surface area contributed by atoms with E-state index in [9.17, 15) is 0 Å². The third-order valence-electron chi connectivity index (χ3n) is 1.66. The fraction of sp³-hybridized carbons (Fsp3) is 0. The van der Waals surface area contributed by atoms with Gasteiger partial charge in [0, 0.05) is 0 Å². The number of halogens is 2. The molecule has 0 aliphatic heterocycles. The van der Waals surface area contributed by atoms with Gasteiger partial charge in [0.15, 0.2) is 5.96 Å². The fourth-order valence-electron chi connectivity index (χ4n) is 1.10. The van der Waals surface area contributed by atoms with Crippen LogP contribution in [-0.4, -0.2) is 14.7 Å². The van der Waals surface area contributed by atoms with Gasteiger partial charge in [0.1, 0.15) is 16.7 Å². The van der Waals surface area contributed by atoms with E-state index in [1.807, 2.05) is 0 Å². The second-order valence-corrected chi connectivity index (χ2v) is 4.03. The van der Waals surface area contributed by atoms with Gasteiger partial charge in [-0.25, -0.2) is 4.99 Å². The van der Waals surface area contributed by atoms with Gasteiger partial charge in [0.05, 0.1) is 21.8 Å². The molecular weight excluding hydrogens is 257 g/mol. The molecule has 0 radical (unpaired) electrons. The van der Waals surface area contributed by atoms with E-state index in [4.69, 9.17) is 34.7 Å². The maximum absolute atomic E-state index is 5.94. The number of nitrogens with two attached hydrogens (primary N) is 2. The van der Waals surface area contributed by atoms with Gasteiger partial charge in [-0.15, -0.1) is 0 Å². The molecule has 0 amide bonds. The van der Waals surface area contributed by atoms with Gasteiger partial charge in [-0.05, 0) is 6.07 Å². The monoisotopic (exact) mass is 261 g/mol. The third-order valence-corrected chi connectivity index (χ3v) is 2.76. The number of fused-ring (bicyclic) bond motifs is 1. The van der Waals surface area contributed by atoms with Crippen LogP contribution < -0.4 is 11.5 Å². The Labute approximate surface area is 99.0 Å². The SMILES string of the molecule is NC(N)=Nc1c(Cl)cc(Cl)c2nsnc12. The highest BCUT2D eigenvalue weighted by molar-refractivity contribution is 7.00. The van der Waals surface area contributed by atoms with Crippen molar-refractivity contribution in [1.29, 1.82) is 0 Å². The molecule has 15 heavy (non-hydrogen) atoms. The predicted molar refractivity (Wildman–Crippen MR) is 62.9 cm³/mol. The lowest BCUT2D eigenvalue weighted by Gasteiger charge is -2.00. The van der Waals surface area contributed by atoms with Crippen molar-refractivity contribution in [3.8, 4) is 0 Å². The number of nitrogens with zero attached hydrogens (tertiary/aromatic N) is 3. The molecule has 4 N–H and O–H groups in total. The van der Waals surface area contributed by atoms with Crippen LogP contribution in [0.2, 0.25) is 10.0 Å². The molecule has 0 saturated carbocycles. The normalized spacial score (nSPS) is 10.5. The Bertz CT molecular complexity index is 546. The molecule has 0 aliphatic carbocycles. The summed E-state index contributed by atoms with van der Waals surface area (Å²) >= 11 is 12.9. The first-order chi connectivity index (χ1) is 7.09. The van der Waals surface area contributed by atoms with Crippen LogP contribution >= 0.6 is 34.9 Å². The van der Waals surface area contributed by atoms with Gasteiger partial charge in [0.2, 0.25) is 0 Å². The second-order valence-electron chi connectivity index (χ2n) is 2.69. The summed E-state index contributed by atoms with van der Waals surface area (Å²) in [5.74, 6) is -0.0893. The highest BCUT2D eigenvalue weighted by Crippen LogP contribution is 2.36. The summed E-state index contributed by atoms with van der Waals surface area (Å²) in [7, 11) is 0. The summed E-state index contributed by atoms with van der Waals surface area (Å²) in [5.41, 5.74) is 12.0. The third kappa shape index (κ3) is 1.83. The summed E-state index contributed by atoms with van der Waals surface area (Å²) in [6.07, 6.45) is 0. The highest BCUT2D eigenvalue weighted by Gasteiger charge is 2.13. The van der Waals surface area contributed by atoms with Gasteiger partial charge in [-0.2, -0.15) is 8.75 Å². The van der Waals surface area contributed by atoms with Crippen molar-refractivity contribution in [3.05, 3.63) is 16.1 Å². The molecule has 2 rings (SSSR count). The van der Waals surface area contributed by atoms with Crippen molar-refractivity contribution in [2.24, 2.45) is 16.5 Å². The zero-order chi connectivity index (χ0) is 11.0. The molecule has 0 spiro atoms. The van der Waals surface area contributed by atoms with Crippen LogP contribution in [0.3, 0.4) is 0 Å². The van der Waals surface area contributed by atoms with Gasteiger partial charge < -0.3 is 11.5 Å². The van der Waals surface area contributed by atoms with Crippen molar-refractivity contribution in [1.82, 2.24) is 8.75 Å². The summed E-state index contributed by atoms with van der Waals surface area (Å²) in [4.78, 5) is 3.89. The molecule has 0 aliphatic rings. The van der Waals surface area contributed by atoms with E-state index in [-0.39, 0.29) is 5.96 Å². The number of aromatic nitrogens is 2. The lowest BCUT2D eigenvalue weighted by molar-refractivity contribution is 1.43. The minimum atomic E-state index is -0.0893. The van der Waals surface area contributed by atoms with Gasteiger partial charge >= 0.3 is 0 Å². The van der Waals surface area contributed by atoms with Crippen molar-refractivity contribution < 1.29 is 0 Å². The van der Waals surface area contributed by atoms with E-state index in [1.165, 1.54) is 6.07 Å². The minimum absolute atomic E-state index is 0.0893. The van der Waals surface area contributed by atoms with Gasteiger partial charge in [-0.1, -0.05) is 23.2 Å². The van der Waals surface area contributed by atoms with Crippen LogP contribution in [0.1, 0.15) is 0 Å². The molecule has 0 unspecified atom stereocenters. The quantitative estimate of drug-likeness (QED) is 0.606. The summed E-state index contributed by atoms with van der Waals surface area (Å²) in [6, 6.07) is 1.54.